The quantitative estimate of drug-likeness (QED) is 0.819. The third-order valence-corrected chi connectivity index (χ3v) is 2.45. The minimum Gasteiger partial charge on any atom is -0.537 e. The van der Waals surface area contributed by atoms with Crippen molar-refractivity contribution in [3.8, 4) is 22.6 Å². The average molecular weight is 250 g/mol. The van der Waals surface area contributed by atoms with Gasteiger partial charge in [-0.05, 0) is 29.8 Å². The molecule has 0 heterocycles. The topological polar surface area (TPSA) is 49.7 Å². The molecule has 0 radical (unpaired) electrons. The van der Waals surface area contributed by atoms with Crippen molar-refractivity contribution in [2.75, 3.05) is 0 Å². The Morgan fingerprint density at radius 3 is 2.22 bits per heavy atom. The second-order valence-corrected chi connectivity index (χ2v) is 3.56. The fourth-order valence-electron chi connectivity index (χ4n) is 1.58. The number of phenolic OH excluding ortho intramolecular Hbond substituents is 1. The fraction of sp³-hybridized carbons (Fsp3) is 0. The largest absolute Gasteiger partial charge is 0.537 e. The van der Waals surface area contributed by atoms with Crippen LogP contribution in [0.1, 0.15) is 0 Å². The van der Waals surface area contributed by atoms with E-state index in [2.05, 4.69) is 4.65 Å². The van der Waals surface area contributed by atoms with Gasteiger partial charge in [0, 0.05) is 5.56 Å². The Morgan fingerprint density at radius 1 is 0.944 bits per heavy atom. The van der Waals surface area contributed by atoms with Crippen molar-refractivity contribution in [3.63, 3.8) is 0 Å². The van der Waals surface area contributed by atoms with E-state index in [1.54, 1.807) is 0 Å². The molecule has 0 aliphatic rings. The summed E-state index contributed by atoms with van der Waals surface area (Å²) in [6.45, 7) is 0. The summed E-state index contributed by atoms with van der Waals surface area (Å²) in [5.41, 5.74) is 0.484. The first-order valence-corrected chi connectivity index (χ1v) is 5.14. The number of aromatic hydroxyl groups is 1. The van der Waals surface area contributed by atoms with E-state index in [4.69, 9.17) is 10.1 Å². The Bertz CT molecular complexity index is 558. The normalized spacial score (nSPS) is 10.2. The van der Waals surface area contributed by atoms with Gasteiger partial charge >= 0.3 is 7.69 Å². The Hall–Kier alpha value is -2.08. The fourth-order valence-corrected chi connectivity index (χ4v) is 1.58. The second-order valence-electron chi connectivity index (χ2n) is 3.56. The molecule has 2 rings (SSSR count). The van der Waals surface area contributed by atoms with Crippen molar-refractivity contribution in [1.29, 1.82) is 0 Å². The molecule has 92 valence electrons. The maximum Gasteiger partial charge on any atom is 0.504 e. The molecule has 3 nitrogen and oxygen atoms in total. The zero-order chi connectivity index (χ0) is 13.1. The zero-order valence-electron chi connectivity index (χ0n) is 9.23. The number of phenols is 1. The molecule has 0 saturated carbocycles. The van der Waals surface area contributed by atoms with Gasteiger partial charge in [0.2, 0.25) is 0 Å². The monoisotopic (exact) mass is 250 g/mol. The van der Waals surface area contributed by atoms with Crippen molar-refractivity contribution in [3.05, 3.63) is 48.0 Å². The molecule has 2 aromatic rings. The van der Waals surface area contributed by atoms with Crippen molar-refractivity contribution in [2.45, 2.75) is 0 Å². The van der Waals surface area contributed by atoms with E-state index in [0.717, 1.165) is 0 Å². The smallest absolute Gasteiger partial charge is 0.504 e. The first kappa shape index (κ1) is 12.4. The molecule has 6 heteroatoms. The predicted octanol–water partition coefficient (Wildman–Crippen LogP) is 1.97. The van der Waals surface area contributed by atoms with Gasteiger partial charge in [0.05, 0.1) is 0 Å². The van der Waals surface area contributed by atoms with Crippen molar-refractivity contribution in [1.82, 2.24) is 0 Å². The molecule has 0 fully saturated rings. The molecule has 0 aromatic heterocycles. The van der Waals surface area contributed by atoms with Gasteiger partial charge < -0.3 is 14.8 Å². The summed E-state index contributed by atoms with van der Waals surface area (Å²) in [4.78, 5) is 0. The SMILES string of the molecule is OBOc1ccc(-c2ccc(O)cc2)c(F)c1F. The summed E-state index contributed by atoms with van der Waals surface area (Å²) in [5, 5.41) is 17.6. The maximum atomic E-state index is 13.8. The third-order valence-electron chi connectivity index (χ3n) is 2.45. The van der Waals surface area contributed by atoms with Crippen molar-refractivity contribution < 1.29 is 23.6 Å². The van der Waals surface area contributed by atoms with Crippen molar-refractivity contribution >= 4 is 7.69 Å². The minimum atomic E-state index is -1.16. The summed E-state index contributed by atoms with van der Waals surface area (Å²) >= 11 is 0. The van der Waals surface area contributed by atoms with Crippen LogP contribution in [0.4, 0.5) is 8.78 Å². The minimum absolute atomic E-state index is 0.0415. The molecule has 0 spiro atoms. The lowest BCUT2D eigenvalue weighted by Crippen LogP contribution is -2.03. The van der Waals surface area contributed by atoms with Gasteiger partial charge in [-0.15, -0.1) is 0 Å². The molecule has 18 heavy (non-hydrogen) atoms. The highest BCUT2D eigenvalue weighted by Gasteiger charge is 2.15. The Labute approximate surface area is 103 Å². The average Bonchev–Trinajstić information content (AvgIpc) is 2.37. The molecule has 2 N–H and O–H groups in total. The highest BCUT2D eigenvalue weighted by Crippen LogP contribution is 2.30. The van der Waals surface area contributed by atoms with Crippen LogP contribution in [0, 0.1) is 11.6 Å². The summed E-state index contributed by atoms with van der Waals surface area (Å²) in [6, 6.07) is 8.28. The number of rotatable bonds is 3. The van der Waals surface area contributed by atoms with E-state index >= 15 is 0 Å². The summed E-state index contributed by atoms with van der Waals surface area (Å²) < 4.78 is 31.9. The van der Waals surface area contributed by atoms with E-state index in [1.807, 2.05) is 0 Å². The van der Waals surface area contributed by atoms with Crippen LogP contribution >= 0.6 is 0 Å². The lowest BCUT2D eigenvalue weighted by molar-refractivity contribution is 0.415. The second kappa shape index (κ2) is 5.06. The van der Waals surface area contributed by atoms with Crippen molar-refractivity contribution in [2.24, 2.45) is 0 Å². The number of halogens is 2. The highest BCUT2D eigenvalue weighted by molar-refractivity contribution is 6.17. The lowest BCUT2D eigenvalue weighted by Gasteiger charge is -2.08. The van der Waals surface area contributed by atoms with E-state index in [1.165, 1.54) is 36.4 Å². The maximum absolute atomic E-state index is 13.8. The van der Waals surface area contributed by atoms with Gasteiger partial charge in [0.15, 0.2) is 11.6 Å². The summed E-state index contributed by atoms with van der Waals surface area (Å²) in [5.74, 6) is -2.53. The molecular weight excluding hydrogens is 241 g/mol. The molecule has 0 unspecified atom stereocenters. The van der Waals surface area contributed by atoms with Gasteiger partial charge in [-0.3, -0.25) is 0 Å². The first-order chi connectivity index (χ1) is 8.63. The van der Waals surface area contributed by atoms with Crippen LogP contribution in [0.2, 0.25) is 0 Å². The molecule has 0 bridgehead atoms. The van der Waals surface area contributed by atoms with Gasteiger partial charge in [0.25, 0.3) is 0 Å². The third kappa shape index (κ3) is 2.28. The Balaban J connectivity index is 2.46. The zero-order valence-corrected chi connectivity index (χ0v) is 9.23. The van der Waals surface area contributed by atoms with Crippen LogP contribution in [0.15, 0.2) is 36.4 Å². The van der Waals surface area contributed by atoms with Gasteiger partial charge in [-0.1, -0.05) is 12.1 Å². The number of hydrogen-bond donors (Lipinski definition) is 2. The molecule has 0 aliphatic carbocycles. The van der Waals surface area contributed by atoms with Crippen LogP contribution in [0.5, 0.6) is 11.5 Å². The lowest BCUT2D eigenvalue weighted by atomic mass is 10.0. The summed E-state index contributed by atoms with van der Waals surface area (Å²) in [7, 11) is -0.727. The van der Waals surface area contributed by atoms with Crippen LogP contribution < -0.4 is 4.65 Å². The predicted molar refractivity (Wildman–Crippen MR) is 63.5 cm³/mol. The molecule has 2 aromatic carbocycles. The van der Waals surface area contributed by atoms with Gasteiger partial charge in [-0.2, -0.15) is 4.39 Å². The Morgan fingerprint density at radius 2 is 1.61 bits per heavy atom. The highest BCUT2D eigenvalue weighted by atomic mass is 19.2. The molecular formula is C12H9BF2O3. The van der Waals surface area contributed by atoms with E-state index in [0.29, 0.717) is 5.56 Å². The van der Waals surface area contributed by atoms with Crippen LogP contribution in [0.3, 0.4) is 0 Å². The Kier molecular flexibility index (Phi) is 3.48. The van der Waals surface area contributed by atoms with Crippen LogP contribution in [0.25, 0.3) is 11.1 Å². The standard InChI is InChI=1S/C12H9BF2O3/c14-11-9(7-1-3-8(16)4-2-7)5-6-10(12(11)15)18-13-17/h1-6,13,16-17H. The van der Waals surface area contributed by atoms with E-state index < -0.39 is 19.3 Å². The van der Waals surface area contributed by atoms with Gasteiger partial charge in [0.1, 0.15) is 11.5 Å². The van der Waals surface area contributed by atoms with Crippen LogP contribution in [-0.2, 0) is 0 Å². The molecule has 0 atom stereocenters. The molecule has 0 aliphatic heterocycles. The van der Waals surface area contributed by atoms with Gasteiger partial charge in [-0.25, -0.2) is 4.39 Å². The molecule has 0 saturated heterocycles. The van der Waals surface area contributed by atoms with E-state index in [-0.39, 0.29) is 17.1 Å². The number of hydrogen-bond acceptors (Lipinski definition) is 3. The molecule has 0 amide bonds. The first-order valence-electron chi connectivity index (χ1n) is 5.14. The number of benzene rings is 2. The van der Waals surface area contributed by atoms with E-state index in [9.17, 15) is 8.78 Å². The van der Waals surface area contributed by atoms with Crippen LogP contribution in [-0.4, -0.2) is 17.8 Å². The summed E-state index contributed by atoms with van der Waals surface area (Å²) in [6.07, 6.45) is 0.